The van der Waals surface area contributed by atoms with Crippen LogP contribution in [-0.2, 0) is 24.3 Å². The number of benzene rings is 1. The summed E-state index contributed by atoms with van der Waals surface area (Å²) in [4.78, 5) is 23.6. The van der Waals surface area contributed by atoms with Crippen LogP contribution in [0.4, 0.5) is 0 Å². The van der Waals surface area contributed by atoms with Crippen LogP contribution in [0.25, 0.3) is 0 Å². The van der Waals surface area contributed by atoms with Crippen molar-refractivity contribution in [1.29, 1.82) is 0 Å². The number of hydrogen-bond donors (Lipinski definition) is 2. The summed E-state index contributed by atoms with van der Waals surface area (Å²) in [6, 6.07) is 5.97. The molecule has 9 heteroatoms. The van der Waals surface area contributed by atoms with Crippen LogP contribution in [0.3, 0.4) is 0 Å². The predicted octanol–water partition coefficient (Wildman–Crippen LogP) is 1.46. The molecule has 27 heavy (non-hydrogen) atoms. The summed E-state index contributed by atoms with van der Waals surface area (Å²) >= 11 is 0. The molecule has 0 aliphatic heterocycles. The van der Waals surface area contributed by atoms with Crippen molar-refractivity contribution in [3.63, 3.8) is 0 Å². The molecule has 1 unspecified atom stereocenters. The summed E-state index contributed by atoms with van der Waals surface area (Å²) in [6.45, 7) is 8.05. The van der Waals surface area contributed by atoms with Gasteiger partial charge in [0.2, 0.25) is 10.0 Å². The highest BCUT2D eigenvalue weighted by atomic mass is 32.2. The van der Waals surface area contributed by atoms with Crippen molar-refractivity contribution >= 4 is 21.9 Å². The van der Waals surface area contributed by atoms with E-state index in [1.807, 2.05) is 20.8 Å². The van der Waals surface area contributed by atoms with Crippen molar-refractivity contribution in [1.82, 2.24) is 10.0 Å². The minimum Gasteiger partial charge on any atom is -0.494 e. The van der Waals surface area contributed by atoms with E-state index < -0.39 is 22.1 Å². The molecule has 0 spiro atoms. The highest BCUT2D eigenvalue weighted by molar-refractivity contribution is 7.89. The molecule has 0 heterocycles. The minimum atomic E-state index is -3.74. The molecular weight excluding hydrogens is 372 g/mol. The average Bonchev–Trinajstić information content (AvgIpc) is 2.60. The van der Waals surface area contributed by atoms with Gasteiger partial charge in [-0.15, -0.1) is 0 Å². The van der Waals surface area contributed by atoms with Crippen LogP contribution in [-0.4, -0.2) is 46.1 Å². The van der Waals surface area contributed by atoms with Gasteiger partial charge in [-0.2, -0.15) is 0 Å². The number of carbonyl (C=O) groups is 2. The van der Waals surface area contributed by atoms with Gasteiger partial charge in [-0.05, 0) is 44.0 Å². The first kappa shape index (κ1) is 22.9. The smallest absolute Gasteiger partial charge is 0.307 e. The number of ether oxygens (including phenoxy) is 2. The van der Waals surface area contributed by atoms with Gasteiger partial charge >= 0.3 is 5.97 Å². The molecular formula is C18H28N2O6S. The molecule has 0 saturated carbocycles. The number of rotatable bonds is 11. The lowest BCUT2D eigenvalue weighted by Gasteiger charge is -2.14. The van der Waals surface area contributed by atoms with Crippen LogP contribution in [0.5, 0.6) is 5.75 Å². The first-order valence-corrected chi connectivity index (χ1v) is 10.3. The Kier molecular flexibility index (Phi) is 9.23. The summed E-state index contributed by atoms with van der Waals surface area (Å²) in [6.07, 6.45) is -1.11. The fourth-order valence-corrected chi connectivity index (χ4v) is 3.04. The van der Waals surface area contributed by atoms with Gasteiger partial charge in [0.15, 0.2) is 6.10 Å². The van der Waals surface area contributed by atoms with Crippen LogP contribution >= 0.6 is 0 Å². The van der Waals surface area contributed by atoms with Crippen molar-refractivity contribution in [2.45, 2.75) is 45.1 Å². The SMILES string of the molecule is CCOc1ccc(S(=O)(=O)NCCC(=O)OC(C)C(=O)NCC(C)C)cc1. The summed E-state index contributed by atoms with van der Waals surface area (Å²) in [5.41, 5.74) is 0. The van der Waals surface area contributed by atoms with Gasteiger partial charge in [-0.1, -0.05) is 13.8 Å². The Morgan fingerprint density at radius 1 is 1.11 bits per heavy atom. The van der Waals surface area contributed by atoms with E-state index in [1.165, 1.54) is 19.1 Å². The molecule has 8 nitrogen and oxygen atoms in total. The van der Waals surface area contributed by atoms with E-state index in [0.29, 0.717) is 18.9 Å². The lowest BCUT2D eigenvalue weighted by Crippen LogP contribution is -2.38. The molecule has 0 aromatic heterocycles. The van der Waals surface area contributed by atoms with Crippen molar-refractivity contribution < 1.29 is 27.5 Å². The van der Waals surface area contributed by atoms with Crippen molar-refractivity contribution in [3.05, 3.63) is 24.3 Å². The zero-order chi connectivity index (χ0) is 20.4. The van der Waals surface area contributed by atoms with E-state index in [1.54, 1.807) is 12.1 Å². The second-order valence-electron chi connectivity index (χ2n) is 6.32. The maximum Gasteiger partial charge on any atom is 0.307 e. The van der Waals surface area contributed by atoms with Gasteiger partial charge in [0.05, 0.1) is 17.9 Å². The van der Waals surface area contributed by atoms with E-state index >= 15 is 0 Å². The van der Waals surface area contributed by atoms with Gasteiger partial charge in [0.1, 0.15) is 5.75 Å². The van der Waals surface area contributed by atoms with Gasteiger partial charge in [0.25, 0.3) is 5.91 Å². The maximum absolute atomic E-state index is 12.2. The molecule has 1 atom stereocenters. The molecule has 0 aliphatic rings. The Balaban J connectivity index is 2.44. The lowest BCUT2D eigenvalue weighted by atomic mass is 10.2. The van der Waals surface area contributed by atoms with Gasteiger partial charge < -0.3 is 14.8 Å². The van der Waals surface area contributed by atoms with Crippen LogP contribution in [0, 0.1) is 5.92 Å². The summed E-state index contributed by atoms with van der Waals surface area (Å²) in [5.74, 6) is -0.178. The van der Waals surface area contributed by atoms with Crippen LogP contribution < -0.4 is 14.8 Å². The number of nitrogens with one attached hydrogen (secondary N) is 2. The number of hydrogen-bond acceptors (Lipinski definition) is 6. The normalized spacial score (nSPS) is 12.5. The third-order valence-corrected chi connectivity index (χ3v) is 4.91. The van der Waals surface area contributed by atoms with Crippen molar-refractivity contribution in [3.8, 4) is 5.75 Å². The predicted molar refractivity (Wildman–Crippen MR) is 101 cm³/mol. The lowest BCUT2D eigenvalue weighted by molar-refractivity contribution is -0.154. The topological polar surface area (TPSA) is 111 Å². The molecule has 152 valence electrons. The number of amides is 1. The summed E-state index contributed by atoms with van der Waals surface area (Å²) < 4.78 is 37.0. The quantitative estimate of drug-likeness (QED) is 0.544. The Hall–Kier alpha value is -2.13. The molecule has 0 radical (unpaired) electrons. The largest absolute Gasteiger partial charge is 0.494 e. The van der Waals surface area contributed by atoms with Crippen LogP contribution in [0.15, 0.2) is 29.2 Å². The molecule has 1 rings (SSSR count). The van der Waals surface area contributed by atoms with E-state index in [9.17, 15) is 18.0 Å². The number of esters is 1. The van der Waals surface area contributed by atoms with E-state index in [0.717, 1.165) is 0 Å². The average molecular weight is 400 g/mol. The minimum absolute atomic E-state index is 0.0701. The fourth-order valence-electron chi connectivity index (χ4n) is 2.01. The van der Waals surface area contributed by atoms with Crippen molar-refractivity contribution in [2.75, 3.05) is 19.7 Å². The first-order valence-electron chi connectivity index (χ1n) is 8.85. The number of sulfonamides is 1. The van der Waals surface area contributed by atoms with E-state index in [4.69, 9.17) is 9.47 Å². The molecule has 1 aromatic rings. The molecule has 0 aliphatic carbocycles. The second-order valence-corrected chi connectivity index (χ2v) is 8.09. The van der Waals surface area contributed by atoms with E-state index in [-0.39, 0.29) is 29.7 Å². The molecule has 0 bridgehead atoms. The van der Waals surface area contributed by atoms with Crippen LogP contribution in [0.1, 0.15) is 34.1 Å². The number of carbonyl (C=O) groups excluding carboxylic acids is 2. The highest BCUT2D eigenvalue weighted by Crippen LogP contribution is 2.15. The summed E-state index contributed by atoms with van der Waals surface area (Å²) in [7, 11) is -3.74. The molecule has 1 amide bonds. The van der Waals surface area contributed by atoms with E-state index in [2.05, 4.69) is 10.0 Å². The Bertz CT molecular complexity index is 716. The Morgan fingerprint density at radius 3 is 2.30 bits per heavy atom. The highest BCUT2D eigenvalue weighted by Gasteiger charge is 2.19. The van der Waals surface area contributed by atoms with Crippen molar-refractivity contribution in [2.24, 2.45) is 5.92 Å². The second kappa shape index (κ2) is 10.9. The van der Waals surface area contributed by atoms with Crippen LogP contribution in [0.2, 0.25) is 0 Å². The Labute approximate surface area is 160 Å². The van der Waals surface area contributed by atoms with Gasteiger partial charge in [-0.25, -0.2) is 13.1 Å². The molecule has 0 saturated heterocycles. The zero-order valence-corrected chi connectivity index (χ0v) is 17.0. The third-order valence-electron chi connectivity index (χ3n) is 3.43. The monoisotopic (exact) mass is 400 g/mol. The van der Waals surface area contributed by atoms with Gasteiger partial charge in [0, 0.05) is 13.1 Å². The fraction of sp³-hybridized carbons (Fsp3) is 0.556. The third kappa shape index (κ3) is 8.40. The zero-order valence-electron chi connectivity index (χ0n) is 16.2. The molecule has 2 N–H and O–H groups in total. The molecule has 0 fully saturated rings. The maximum atomic E-state index is 12.2. The van der Waals surface area contributed by atoms with Gasteiger partial charge in [-0.3, -0.25) is 9.59 Å². The molecule has 1 aromatic carbocycles. The summed E-state index contributed by atoms with van der Waals surface area (Å²) in [5, 5.41) is 2.66. The Morgan fingerprint density at radius 2 is 1.74 bits per heavy atom. The standard InChI is InChI=1S/C18H28N2O6S/c1-5-25-15-6-8-16(9-7-15)27(23,24)20-11-10-17(21)26-14(4)18(22)19-12-13(2)3/h6-9,13-14,20H,5,10-12H2,1-4H3,(H,19,22). The first-order chi connectivity index (χ1) is 12.7.